The topological polar surface area (TPSA) is 26.7 Å². The lowest BCUT2D eigenvalue weighted by atomic mass is 10.0. The summed E-state index contributed by atoms with van der Waals surface area (Å²) in [5.41, 5.74) is 0. The highest BCUT2D eigenvalue weighted by Gasteiger charge is 2.27. The molecule has 1 saturated carbocycles. The van der Waals surface area contributed by atoms with Crippen molar-refractivity contribution in [3.63, 3.8) is 0 Å². The Balaban J connectivity index is 1.69. The van der Waals surface area contributed by atoms with Crippen LogP contribution in [-0.4, -0.2) is 59.8 Å². The molecule has 2 unspecified atom stereocenters. The van der Waals surface area contributed by atoms with Crippen LogP contribution in [-0.2, 0) is 0 Å². The Bertz CT molecular complexity index is 233. The van der Waals surface area contributed by atoms with E-state index in [1.54, 1.807) is 0 Å². The zero-order valence-corrected chi connectivity index (χ0v) is 12.1. The largest absolute Gasteiger partial charge is 0.392 e. The number of hydrogen-bond donors (Lipinski definition) is 1. The summed E-state index contributed by atoms with van der Waals surface area (Å²) in [6, 6.07) is 0.715. The molecule has 106 valence electrons. The van der Waals surface area contributed by atoms with Crippen LogP contribution >= 0.6 is 0 Å². The highest BCUT2D eigenvalue weighted by Crippen LogP contribution is 2.28. The lowest BCUT2D eigenvalue weighted by molar-refractivity contribution is 0.0343. The first-order valence-corrected chi connectivity index (χ1v) is 7.85. The van der Waals surface area contributed by atoms with Crippen LogP contribution < -0.4 is 0 Å². The van der Waals surface area contributed by atoms with Gasteiger partial charge in [-0.2, -0.15) is 0 Å². The Kier molecular flexibility index (Phi) is 5.46. The quantitative estimate of drug-likeness (QED) is 0.812. The van der Waals surface area contributed by atoms with E-state index in [4.69, 9.17) is 0 Å². The van der Waals surface area contributed by atoms with Gasteiger partial charge in [-0.3, -0.25) is 9.80 Å². The summed E-state index contributed by atoms with van der Waals surface area (Å²) in [7, 11) is 0. The smallest absolute Gasteiger partial charge is 0.0695 e. The van der Waals surface area contributed by atoms with Crippen molar-refractivity contribution in [2.24, 2.45) is 5.92 Å². The molecule has 0 radical (unpaired) electrons. The summed E-state index contributed by atoms with van der Waals surface area (Å²) >= 11 is 0. The van der Waals surface area contributed by atoms with E-state index < -0.39 is 0 Å². The third kappa shape index (κ3) is 3.69. The molecule has 2 aliphatic rings. The van der Waals surface area contributed by atoms with Crippen LogP contribution in [0.4, 0.5) is 0 Å². The molecule has 18 heavy (non-hydrogen) atoms. The van der Waals surface area contributed by atoms with Crippen molar-refractivity contribution in [3.8, 4) is 0 Å². The molecule has 1 heterocycles. The van der Waals surface area contributed by atoms with Crippen molar-refractivity contribution >= 4 is 0 Å². The molecule has 3 heteroatoms. The normalized spacial score (nSPS) is 27.5. The highest BCUT2D eigenvalue weighted by molar-refractivity contribution is 4.81. The fraction of sp³-hybridized carbons (Fsp3) is 1.00. The first kappa shape index (κ1) is 14.3. The predicted octanol–water partition coefficient (Wildman–Crippen LogP) is 1.95. The number of β-amino-alcohol motifs (C(OH)–C–C–N with tert-alkyl or cyclic N) is 1. The second-order valence-electron chi connectivity index (χ2n) is 6.21. The first-order valence-electron chi connectivity index (χ1n) is 7.85. The molecule has 1 saturated heterocycles. The van der Waals surface area contributed by atoms with Gasteiger partial charge in [0.05, 0.1) is 6.10 Å². The van der Waals surface area contributed by atoms with E-state index in [-0.39, 0.29) is 6.10 Å². The molecule has 0 aromatic carbocycles. The van der Waals surface area contributed by atoms with Crippen LogP contribution in [0.1, 0.15) is 46.0 Å². The number of hydrogen-bond acceptors (Lipinski definition) is 3. The maximum absolute atomic E-state index is 10.3. The fourth-order valence-electron chi connectivity index (χ4n) is 3.40. The molecule has 1 aliphatic heterocycles. The second-order valence-corrected chi connectivity index (χ2v) is 6.21. The summed E-state index contributed by atoms with van der Waals surface area (Å²) in [4.78, 5) is 5.04. The summed E-state index contributed by atoms with van der Waals surface area (Å²) in [6.07, 6.45) is 6.29. The first-order chi connectivity index (χ1) is 8.70. The van der Waals surface area contributed by atoms with Crippen LogP contribution in [0.25, 0.3) is 0 Å². The summed E-state index contributed by atoms with van der Waals surface area (Å²) in [6.45, 7) is 10.1. The third-order valence-corrected chi connectivity index (χ3v) is 5.01. The molecule has 2 fully saturated rings. The number of piperazine rings is 1. The molecule has 0 aromatic rings. The van der Waals surface area contributed by atoms with Crippen molar-refractivity contribution in [1.82, 2.24) is 9.80 Å². The molecule has 0 spiro atoms. The molecule has 3 nitrogen and oxygen atoms in total. The Labute approximate surface area is 112 Å². The van der Waals surface area contributed by atoms with E-state index in [1.165, 1.54) is 45.2 Å². The predicted molar refractivity (Wildman–Crippen MR) is 75.7 cm³/mol. The van der Waals surface area contributed by atoms with Crippen molar-refractivity contribution in [3.05, 3.63) is 0 Å². The van der Waals surface area contributed by atoms with Gasteiger partial charge in [-0.05, 0) is 32.1 Å². The van der Waals surface area contributed by atoms with Crippen LogP contribution in [0.3, 0.4) is 0 Å². The number of nitrogens with zero attached hydrogens (tertiary/aromatic N) is 2. The minimum atomic E-state index is -0.0809. The van der Waals surface area contributed by atoms with E-state index in [2.05, 4.69) is 23.6 Å². The number of aliphatic hydroxyl groups excluding tert-OH is 1. The van der Waals surface area contributed by atoms with Crippen LogP contribution in [0.2, 0.25) is 0 Å². The standard InChI is InChI=1S/C15H30N2O/c1-3-13(2)17-10-8-16(9-11-17)12-15(18)14-6-4-5-7-14/h13-15,18H,3-12H2,1-2H3. The molecule has 0 aromatic heterocycles. The van der Waals surface area contributed by atoms with Gasteiger partial charge in [0.25, 0.3) is 0 Å². The van der Waals surface area contributed by atoms with Gasteiger partial charge in [0.1, 0.15) is 0 Å². The lowest BCUT2D eigenvalue weighted by Gasteiger charge is -2.39. The maximum Gasteiger partial charge on any atom is 0.0695 e. The molecule has 0 amide bonds. The van der Waals surface area contributed by atoms with Gasteiger partial charge < -0.3 is 5.11 Å². The van der Waals surface area contributed by atoms with Crippen LogP contribution in [0, 0.1) is 5.92 Å². The monoisotopic (exact) mass is 254 g/mol. The fourth-order valence-corrected chi connectivity index (χ4v) is 3.40. The van der Waals surface area contributed by atoms with Gasteiger partial charge in [-0.1, -0.05) is 19.8 Å². The summed E-state index contributed by atoms with van der Waals surface area (Å²) < 4.78 is 0. The Hall–Kier alpha value is -0.120. The van der Waals surface area contributed by atoms with Gasteiger partial charge >= 0.3 is 0 Å². The highest BCUT2D eigenvalue weighted by atomic mass is 16.3. The van der Waals surface area contributed by atoms with Gasteiger partial charge in [-0.15, -0.1) is 0 Å². The van der Waals surface area contributed by atoms with E-state index >= 15 is 0 Å². The van der Waals surface area contributed by atoms with E-state index in [0.717, 1.165) is 19.6 Å². The lowest BCUT2D eigenvalue weighted by Crippen LogP contribution is -2.51. The molecule has 2 rings (SSSR count). The average Bonchev–Trinajstić information content (AvgIpc) is 2.92. The number of aliphatic hydroxyl groups is 1. The molecule has 0 bridgehead atoms. The Morgan fingerprint density at radius 3 is 2.28 bits per heavy atom. The SMILES string of the molecule is CCC(C)N1CCN(CC(O)C2CCCC2)CC1. The van der Waals surface area contributed by atoms with E-state index in [0.29, 0.717) is 12.0 Å². The Morgan fingerprint density at radius 2 is 1.72 bits per heavy atom. The molecular formula is C15H30N2O. The molecule has 1 aliphatic carbocycles. The van der Waals surface area contributed by atoms with Crippen molar-refractivity contribution in [2.75, 3.05) is 32.7 Å². The zero-order valence-electron chi connectivity index (χ0n) is 12.1. The number of rotatable bonds is 5. The van der Waals surface area contributed by atoms with Gasteiger partial charge in [0.2, 0.25) is 0 Å². The van der Waals surface area contributed by atoms with Crippen LogP contribution in [0.5, 0.6) is 0 Å². The average molecular weight is 254 g/mol. The third-order valence-electron chi connectivity index (χ3n) is 5.01. The van der Waals surface area contributed by atoms with Gasteiger partial charge in [0.15, 0.2) is 0 Å². The maximum atomic E-state index is 10.3. The zero-order chi connectivity index (χ0) is 13.0. The van der Waals surface area contributed by atoms with Crippen molar-refractivity contribution in [1.29, 1.82) is 0 Å². The second kappa shape index (κ2) is 6.88. The van der Waals surface area contributed by atoms with E-state index in [1.807, 2.05) is 0 Å². The molecule has 2 atom stereocenters. The molecule has 1 N–H and O–H groups in total. The summed E-state index contributed by atoms with van der Waals surface area (Å²) in [5, 5.41) is 10.3. The Morgan fingerprint density at radius 1 is 1.11 bits per heavy atom. The molecular weight excluding hydrogens is 224 g/mol. The minimum Gasteiger partial charge on any atom is -0.392 e. The van der Waals surface area contributed by atoms with Crippen LogP contribution in [0.15, 0.2) is 0 Å². The minimum absolute atomic E-state index is 0.0809. The van der Waals surface area contributed by atoms with Gasteiger partial charge in [-0.25, -0.2) is 0 Å². The van der Waals surface area contributed by atoms with Crippen molar-refractivity contribution in [2.45, 2.75) is 58.1 Å². The summed E-state index contributed by atoms with van der Waals surface area (Å²) in [5.74, 6) is 0.581. The van der Waals surface area contributed by atoms with E-state index in [9.17, 15) is 5.11 Å². The van der Waals surface area contributed by atoms with Crippen molar-refractivity contribution < 1.29 is 5.11 Å². The van der Waals surface area contributed by atoms with Gasteiger partial charge in [0, 0.05) is 38.8 Å².